The van der Waals surface area contributed by atoms with Crippen molar-refractivity contribution in [2.24, 2.45) is 5.92 Å². The molecule has 0 radical (unpaired) electrons. The predicted molar refractivity (Wildman–Crippen MR) is 62.6 cm³/mol. The summed E-state index contributed by atoms with van der Waals surface area (Å²) in [5, 5.41) is 7.00. The van der Waals surface area contributed by atoms with Gasteiger partial charge < -0.3 is 20.4 Å². The van der Waals surface area contributed by atoms with Gasteiger partial charge in [-0.15, -0.1) is 0 Å². The smallest absolute Gasteiger partial charge is 0.0319 e. The normalized spacial score (nSPS) is 32.6. The molecule has 2 unspecified atom stereocenters. The lowest BCUT2D eigenvalue weighted by Crippen LogP contribution is -2.42. The molecule has 0 saturated carbocycles. The SMILES string of the molecule is CN1CC2CCCN(C)C2C1.CO.O.[HH].[HH]. The number of rotatable bonds is 0. The topological polar surface area (TPSA) is 58.2 Å². The monoisotopic (exact) mass is 208 g/mol. The third kappa shape index (κ3) is 2.92. The summed E-state index contributed by atoms with van der Waals surface area (Å²) in [6, 6.07) is 0.869. The highest BCUT2D eigenvalue weighted by atomic mass is 16.2. The zero-order valence-corrected chi connectivity index (χ0v) is 9.53. The van der Waals surface area contributed by atoms with E-state index >= 15 is 0 Å². The molecule has 2 aliphatic heterocycles. The summed E-state index contributed by atoms with van der Waals surface area (Å²) < 4.78 is 0. The Morgan fingerprint density at radius 2 is 1.86 bits per heavy atom. The summed E-state index contributed by atoms with van der Waals surface area (Å²) in [5.41, 5.74) is 0. The fourth-order valence-corrected chi connectivity index (χ4v) is 2.62. The number of likely N-dealkylation sites (N-methyl/N-ethyl adjacent to an activating group) is 2. The minimum atomic E-state index is 0. The van der Waals surface area contributed by atoms with Crippen molar-refractivity contribution in [1.29, 1.82) is 0 Å². The van der Waals surface area contributed by atoms with Gasteiger partial charge in [0, 0.05) is 29.1 Å². The summed E-state index contributed by atoms with van der Waals surface area (Å²) >= 11 is 0. The van der Waals surface area contributed by atoms with Crippen LogP contribution in [-0.2, 0) is 0 Å². The van der Waals surface area contributed by atoms with Crippen molar-refractivity contribution >= 4 is 0 Å². The van der Waals surface area contributed by atoms with Crippen LogP contribution in [0.3, 0.4) is 0 Å². The Morgan fingerprint density at radius 3 is 2.43 bits per heavy atom. The number of hydrogen-bond donors (Lipinski definition) is 1. The highest BCUT2D eigenvalue weighted by Gasteiger charge is 2.35. The predicted octanol–water partition coefficient (Wildman–Crippen LogP) is -0.0820. The lowest BCUT2D eigenvalue weighted by Gasteiger charge is -2.33. The third-order valence-electron chi connectivity index (χ3n) is 3.24. The van der Waals surface area contributed by atoms with Crippen LogP contribution in [0, 0.1) is 5.92 Å². The zero-order chi connectivity index (χ0) is 9.84. The average molecular weight is 208 g/mol. The Balaban J connectivity index is -0.000000321. The molecule has 0 aliphatic carbocycles. The quantitative estimate of drug-likeness (QED) is 0.606. The van der Waals surface area contributed by atoms with E-state index in [1.54, 1.807) is 0 Å². The molecule has 14 heavy (non-hydrogen) atoms. The average Bonchev–Trinajstić information content (AvgIpc) is 2.51. The van der Waals surface area contributed by atoms with Crippen LogP contribution in [-0.4, -0.2) is 67.3 Å². The highest BCUT2D eigenvalue weighted by Crippen LogP contribution is 2.28. The Bertz CT molecular complexity index is 164. The van der Waals surface area contributed by atoms with E-state index < -0.39 is 0 Å². The Kier molecular flexibility index (Phi) is 6.27. The molecular weight excluding hydrogens is 180 g/mol. The summed E-state index contributed by atoms with van der Waals surface area (Å²) in [6.45, 7) is 3.94. The molecule has 3 N–H and O–H groups in total. The molecule has 0 amide bonds. The van der Waals surface area contributed by atoms with E-state index in [0.29, 0.717) is 0 Å². The molecule has 90 valence electrons. The molecule has 0 aromatic carbocycles. The fraction of sp³-hybridized carbons (Fsp3) is 1.00. The number of likely N-dealkylation sites (tertiary alicyclic amines) is 2. The molecule has 0 bridgehead atoms. The van der Waals surface area contributed by atoms with Crippen LogP contribution in [0.1, 0.15) is 15.7 Å². The molecular formula is C10H28N2O2. The van der Waals surface area contributed by atoms with Gasteiger partial charge in [0.2, 0.25) is 0 Å². The van der Waals surface area contributed by atoms with Gasteiger partial charge in [0.15, 0.2) is 0 Å². The van der Waals surface area contributed by atoms with Crippen LogP contribution in [0.5, 0.6) is 0 Å². The summed E-state index contributed by atoms with van der Waals surface area (Å²) in [7, 11) is 5.52. The second kappa shape index (κ2) is 6.35. The van der Waals surface area contributed by atoms with Crippen molar-refractivity contribution in [2.75, 3.05) is 40.8 Å². The van der Waals surface area contributed by atoms with Gasteiger partial charge in [-0.25, -0.2) is 0 Å². The van der Waals surface area contributed by atoms with Crippen LogP contribution in [0.25, 0.3) is 0 Å². The first-order chi connectivity index (χ1) is 6.27. The van der Waals surface area contributed by atoms with E-state index in [1.807, 2.05) is 0 Å². The molecule has 2 heterocycles. The number of piperidine rings is 1. The van der Waals surface area contributed by atoms with E-state index in [9.17, 15) is 0 Å². The Labute approximate surface area is 89.8 Å². The van der Waals surface area contributed by atoms with Crippen LogP contribution in [0.2, 0.25) is 0 Å². The van der Waals surface area contributed by atoms with E-state index in [-0.39, 0.29) is 8.33 Å². The summed E-state index contributed by atoms with van der Waals surface area (Å²) in [5.74, 6) is 0.971. The number of hydrogen-bond acceptors (Lipinski definition) is 3. The van der Waals surface area contributed by atoms with E-state index in [0.717, 1.165) is 19.1 Å². The standard InChI is InChI=1S/C9H18N2.CH4O.H2O.2H2/c1-10-6-8-4-3-5-11(2)9(8)7-10;1-2;;;/h8-9H,3-7H2,1-2H3;2H,1H3;1H2;2*1H. The molecule has 0 aromatic rings. The maximum atomic E-state index is 7.00. The first-order valence-electron chi connectivity index (χ1n) is 5.11. The molecule has 4 nitrogen and oxygen atoms in total. The van der Waals surface area contributed by atoms with Gasteiger partial charge in [0.25, 0.3) is 0 Å². The molecule has 2 saturated heterocycles. The molecule has 2 atom stereocenters. The van der Waals surface area contributed by atoms with Crippen molar-refractivity contribution in [3.8, 4) is 0 Å². The number of nitrogens with zero attached hydrogens (tertiary/aromatic N) is 2. The van der Waals surface area contributed by atoms with Gasteiger partial charge in [-0.05, 0) is 39.4 Å². The molecule has 0 spiro atoms. The fourth-order valence-electron chi connectivity index (χ4n) is 2.62. The summed E-state index contributed by atoms with van der Waals surface area (Å²) in [4.78, 5) is 5.01. The van der Waals surface area contributed by atoms with Crippen molar-refractivity contribution in [3.63, 3.8) is 0 Å². The second-order valence-corrected chi connectivity index (χ2v) is 4.17. The third-order valence-corrected chi connectivity index (χ3v) is 3.24. The number of aliphatic hydroxyl groups excluding tert-OH is 1. The summed E-state index contributed by atoms with van der Waals surface area (Å²) in [6.07, 6.45) is 2.87. The van der Waals surface area contributed by atoms with E-state index in [1.165, 1.54) is 32.5 Å². The molecule has 2 rings (SSSR count). The van der Waals surface area contributed by atoms with Crippen molar-refractivity contribution in [1.82, 2.24) is 9.80 Å². The Morgan fingerprint density at radius 1 is 1.21 bits per heavy atom. The molecule has 4 heteroatoms. The first-order valence-corrected chi connectivity index (χ1v) is 5.11. The van der Waals surface area contributed by atoms with Crippen LogP contribution < -0.4 is 0 Å². The van der Waals surface area contributed by atoms with Crippen molar-refractivity contribution < 1.29 is 13.4 Å². The van der Waals surface area contributed by atoms with Gasteiger partial charge in [0.05, 0.1) is 0 Å². The molecule has 0 aromatic heterocycles. The number of aliphatic hydroxyl groups is 1. The van der Waals surface area contributed by atoms with E-state index in [2.05, 4.69) is 23.9 Å². The van der Waals surface area contributed by atoms with Gasteiger partial charge >= 0.3 is 0 Å². The lowest BCUT2D eigenvalue weighted by atomic mass is 9.93. The maximum Gasteiger partial charge on any atom is 0.0319 e. The minimum absolute atomic E-state index is 0. The van der Waals surface area contributed by atoms with Crippen LogP contribution in [0.4, 0.5) is 0 Å². The number of fused-ring (bicyclic) bond motifs is 1. The largest absolute Gasteiger partial charge is 0.412 e. The molecule has 2 aliphatic rings. The van der Waals surface area contributed by atoms with Crippen LogP contribution >= 0.6 is 0 Å². The van der Waals surface area contributed by atoms with Crippen molar-refractivity contribution in [2.45, 2.75) is 18.9 Å². The second-order valence-electron chi connectivity index (χ2n) is 4.17. The minimum Gasteiger partial charge on any atom is -0.412 e. The lowest BCUT2D eigenvalue weighted by molar-refractivity contribution is 0.157. The van der Waals surface area contributed by atoms with Crippen LogP contribution in [0.15, 0.2) is 0 Å². The maximum absolute atomic E-state index is 7.00. The molecule has 2 fully saturated rings. The van der Waals surface area contributed by atoms with Crippen molar-refractivity contribution in [3.05, 3.63) is 0 Å². The Hall–Kier alpha value is -0.160. The zero-order valence-electron chi connectivity index (χ0n) is 9.53. The van der Waals surface area contributed by atoms with Gasteiger partial charge in [-0.1, -0.05) is 0 Å². The van der Waals surface area contributed by atoms with E-state index in [4.69, 9.17) is 5.11 Å². The first kappa shape index (κ1) is 13.8. The van der Waals surface area contributed by atoms with Gasteiger partial charge in [-0.3, -0.25) is 0 Å². The highest BCUT2D eigenvalue weighted by molar-refractivity contribution is 4.91. The van der Waals surface area contributed by atoms with Gasteiger partial charge in [-0.2, -0.15) is 0 Å². The van der Waals surface area contributed by atoms with Gasteiger partial charge in [0.1, 0.15) is 0 Å².